The minimum atomic E-state index is 0.436. The summed E-state index contributed by atoms with van der Waals surface area (Å²) in [5.41, 5.74) is 5.36. The molecule has 0 radical (unpaired) electrons. The Bertz CT molecular complexity index is 786. The minimum absolute atomic E-state index is 0.436. The van der Waals surface area contributed by atoms with Crippen LogP contribution < -0.4 is 0 Å². The average molecular weight is 295 g/mol. The van der Waals surface area contributed by atoms with E-state index in [1.54, 1.807) is 16.7 Å². The zero-order valence-corrected chi connectivity index (χ0v) is 12.9. The first-order valence-electron chi connectivity index (χ1n) is 8.16. The van der Waals surface area contributed by atoms with Gasteiger partial charge >= 0.3 is 0 Å². The van der Waals surface area contributed by atoms with Crippen molar-refractivity contribution in [1.82, 2.24) is 0 Å². The van der Waals surface area contributed by atoms with E-state index in [-0.39, 0.29) is 0 Å². The summed E-state index contributed by atoms with van der Waals surface area (Å²) in [7, 11) is 0. The highest BCUT2D eigenvalue weighted by molar-refractivity contribution is 6.35. The fraction of sp³-hybridized carbons (Fsp3) is 0.400. The Morgan fingerprint density at radius 2 is 2.14 bits per heavy atom. The van der Waals surface area contributed by atoms with Gasteiger partial charge in [-0.3, -0.25) is 0 Å². The first kappa shape index (κ1) is 12.3. The predicted octanol–water partition coefficient (Wildman–Crippen LogP) is 5.81. The number of fused-ring (bicyclic) bond motifs is 6. The monoisotopic (exact) mass is 294 g/mol. The van der Waals surface area contributed by atoms with Gasteiger partial charge in [0, 0.05) is 15.8 Å². The summed E-state index contributed by atoms with van der Waals surface area (Å²) >= 11 is 6.46. The third-order valence-corrected chi connectivity index (χ3v) is 6.51. The first-order valence-corrected chi connectivity index (χ1v) is 8.54. The van der Waals surface area contributed by atoms with E-state index in [4.69, 9.17) is 11.6 Å². The van der Waals surface area contributed by atoms with Crippen LogP contribution in [-0.2, 0) is 11.8 Å². The predicted molar refractivity (Wildman–Crippen MR) is 89.0 cm³/mol. The van der Waals surface area contributed by atoms with E-state index in [2.05, 4.69) is 30.3 Å². The Labute approximate surface area is 130 Å². The standard InChI is InChI=1S/C20H19Cl/c21-19-5-1-3-14-10-15-4-2-8-20(18(15)11-17(14)19)12-13-6-7-16(20)9-13/h1,3,5-6,10-11,16H,2,4,7-9,12H2. The van der Waals surface area contributed by atoms with Gasteiger partial charge < -0.3 is 0 Å². The van der Waals surface area contributed by atoms with Crippen LogP contribution in [0, 0.1) is 5.92 Å². The van der Waals surface area contributed by atoms with E-state index < -0.39 is 0 Å². The van der Waals surface area contributed by atoms with Crippen molar-refractivity contribution in [3.8, 4) is 0 Å². The fourth-order valence-corrected chi connectivity index (χ4v) is 5.48. The van der Waals surface area contributed by atoms with Crippen molar-refractivity contribution in [1.29, 1.82) is 0 Å². The van der Waals surface area contributed by atoms with Gasteiger partial charge in [-0.25, -0.2) is 0 Å². The Balaban J connectivity index is 1.79. The third kappa shape index (κ3) is 1.57. The summed E-state index contributed by atoms with van der Waals surface area (Å²) in [6.07, 6.45) is 10.4. The van der Waals surface area contributed by atoms with E-state index in [0.29, 0.717) is 5.41 Å². The summed E-state index contributed by atoms with van der Waals surface area (Å²) in [6.45, 7) is 0. The largest absolute Gasteiger partial charge is 0.0850 e. The van der Waals surface area contributed by atoms with Crippen LogP contribution in [0.4, 0.5) is 0 Å². The van der Waals surface area contributed by atoms with Crippen LogP contribution >= 0.6 is 11.6 Å². The van der Waals surface area contributed by atoms with Crippen LogP contribution in [0.2, 0.25) is 5.02 Å². The van der Waals surface area contributed by atoms with Gasteiger partial charge in [-0.2, -0.15) is 0 Å². The topological polar surface area (TPSA) is 0 Å². The molecule has 21 heavy (non-hydrogen) atoms. The molecule has 1 heteroatoms. The molecule has 0 amide bonds. The highest BCUT2D eigenvalue weighted by Crippen LogP contribution is 2.59. The van der Waals surface area contributed by atoms with Crippen LogP contribution in [0.3, 0.4) is 0 Å². The van der Waals surface area contributed by atoms with Gasteiger partial charge in [0.1, 0.15) is 0 Å². The van der Waals surface area contributed by atoms with E-state index in [1.165, 1.54) is 49.3 Å². The van der Waals surface area contributed by atoms with Gasteiger partial charge in [-0.05, 0) is 73.1 Å². The summed E-state index contributed by atoms with van der Waals surface area (Å²) in [4.78, 5) is 0. The van der Waals surface area contributed by atoms with E-state index in [0.717, 1.165) is 10.9 Å². The minimum Gasteiger partial charge on any atom is -0.0850 e. The van der Waals surface area contributed by atoms with Crippen molar-refractivity contribution in [2.24, 2.45) is 5.92 Å². The first-order chi connectivity index (χ1) is 10.3. The highest BCUT2D eigenvalue weighted by Gasteiger charge is 2.49. The normalized spacial score (nSPS) is 30.0. The van der Waals surface area contributed by atoms with Crippen molar-refractivity contribution >= 4 is 22.4 Å². The quantitative estimate of drug-likeness (QED) is 0.538. The number of benzene rings is 2. The molecule has 0 saturated heterocycles. The van der Waals surface area contributed by atoms with Crippen molar-refractivity contribution in [2.45, 2.75) is 43.9 Å². The average Bonchev–Trinajstić information content (AvgIpc) is 3.08. The molecule has 2 bridgehead atoms. The second-order valence-electron chi connectivity index (χ2n) is 7.16. The lowest BCUT2D eigenvalue weighted by Gasteiger charge is -2.42. The Hall–Kier alpha value is -1.27. The van der Waals surface area contributed by atoms with Gasteiger partial charge in [0.25, 0.3) is 0 Å². The third-order valence-electron chi connectivity index (χ3n) is 6.18. The van der Waals surface area contributed by atoms with Crippen molar-refractivity contribution in [3.63, 3.8) is 0 Å². The molecule has 0 nitrogen and oxygen atoms in total. The molecule has 3 aliphatic carbocycles. The number of aryl methyl sites for hydroxylation is 1. The Morgan fingerprint density at radius 3 is 2.95 bits per heavy atom. The second kappa shape index (κ2) is 4.14. The van der Waals surface area contributed by atoms with Crippen molar-refractivity contribution in [2.75, 3.05) is 0 Å². The summed E-state index contributed by atoms with van der Waals surface area (Å²) in [6, 6.07) is 11.1. The van der Waals surface area contributed by atoms with Crippen molar-refractivity contribution in [3.05, 3.63) is 58.1 Å². The summed E-state index contributed by atoms with van der Waals surface area (Å²) < 4.78 is 0. The van der Waals surface area contributed by atoms with Gasteiger partial charge in [-0.15, -0.1) is 0 Å². The summed E-state index contributed by atoms with van der Waals surface area (Å²) in [5.74, 6) is 0.853. The molecule has 1 spiro atoms. The molecule has 3 aliphatic rings. The molecule has 106 valence electrons. The molecule has 0 aromatic heterocycles. The number of halogens is 1. The van der Waals surface area contributed by atoms with E-state index >= 15 is 0 Å². The molecule has 2 aromatic rings. The smallest absolute Gasteiger partial charge is 0.0484 e. The molecular formula is C20H19Cl. The van der Waals surface area contributed by atoms with Crippen LogP contribution in [0.25, 0.3) is 10.8 Å². The molecule has 2 atom stereocenters. The maximum atomic E-state index is 6.46. The van der Waals surface area contributed by atoms with Crippen LogP contribution in [0.15, 0.2) is 42.0 Å². The second-order valence-corrected chi connectivity index (χ2v) is 7.56. The van der Waals surface area contributed by atoms with E-state index in [9.17, 15) is 0 Å². The fourth-order valence-electron chi connectivity index (χ4n) is 5.25. The lowest BCUT2D eigenvalue weighted by molar-refractivity contribution is 0.270. The molecule has 5 rings (SSSR count). The maximum absolute atomic E-state index is 6.46. The van der Waals surface area contributed by atoms with E-state index in [1.807, 2.05) is 6.07 Å². The Kier molecular flexibility index (Phi) is 2.42. The van der Waals surface area contributed by atoms with Gasteiger partial charge in [0.2, 0.25) is 0 Å². The SMILES string of the molecule is Clc1cccc2cc3c(cc12)C1(CCC3)CC2=CCC1C2. The molecule has 2 unspecified atom stereocenters. The molecule has 0 N–H and O–H groups in total. The van der Waals surface area contributed by atoms with Crippen LogP contribution in [0.5, 0.6) is 0 Å². The lowest BCUT2D eigenvalue weighted by Crippen LogP contribution is -2.35. The highest BCUT2D eigenvalue weighted by atomic mass is 35.5. The van der Waals surface area contributed by atoms with Gasteiger partial charge in [0.15, 0.2) is 0 Å². The number of allylic oxidation sites excluding steroid dienone is 2. The number of rotatable bonds is 0. The van der Waals surface area contributed by atoms with Gasteiger partial charge in [-0.1, -0.05) is 41.4 Å². The molecule has 2 aromatic carbocycles. The summed E-state index contributed by atoms with van der Waals surface area (Å²) in [5, 5.41) is 3.45. The zero-order chi connectivity index (χ0) is 14.0. The van der Waals surface area contributed by atoms with Crippen molar-refractivity contribution < 1.29 is 0 Å². The maximum Gasteiger partial charge on any atom is 0.0484 e. The van der Waals surface area contributed by atoms with Crippen LogP contribution in [-0.4, -0.2) is 0 Å². The molecular weight excluding hydrogens is 276 g/mol. The lowest BCUT2D eigenvalue weighted by atomic mass is 9.62. The number of hydrogen-bond acceptors (Lipinski definition) is 0. The Morgan fingerprint density at radius 1 is 1.19 bits per heavy atom. The molecule has 0 aliphatic heterocycles. The van der Waals surface area contributed by atoms with Crippen LogP contribution in [0.1, 0.15) is 43.2 Å². The molecule has 0 heterocycles. The zero-order valence-electron chi connectivity index (χ0n) is 12.2. The molecule has 1 fully saturated rings. The number of hydrogen-bond donors (Lipinski definition) is 0. The molecule has 1 saturated carbocycles. The van der Waals surface area contributed by atoms with Gasteiger partial charge in [0.05, 0.1) is 0 Å².